The number of carbonyl (C=O) groups excluding carboxylic acids is 2. The fourth-order valence-electron chi connectivity index (χ4n) is 1.99. The summed E-state index contributed by atoms with van der Waals surface area (Å²) in [5.74, 6) is -0.223. The molecule has 1 fully saturated rings. The molecule has 5 nitrogen and oxygen atoms in total. The summed E-state index contributed by atoms with van der Waals surface area (Å²) in [6, 6.07) is -0.492. The molecule has 0 aromatic carbocycles. The molecular formula is C12H24ClN3O2. The molecule has 3 N–H and O–H groups in total. The number of likely N-dealkylation sites (tertiary alicyclic amines) is 1. The number of nitrogens with one attached hydrogen (secondary N) is 1. The van der Waals surface area contributed by atoms with Crippen LogP contribution in [0.3, 0.4) is 0 Å². The summed E-state index contributed by atoms with van der Waals surface area (Å²) in [5.41, 5.74) is 5.66. The van der Waals surface area contributed by atoms with E-state index in [1.54, 1.807) is 0 Å². The van der Waals surface area contributed by atoms with Crippen LogP contribution in [0.15, 0.2) is 0 Å². The molecule has 0 radical (unpaired) electrons. The lowest BCUT2D eigenvalue weighted by Crippen LogP contribution is -2.47. The molecule has 1 aliphatic rings. The van der Waals surface area contributed by atoms with Crippen molar-refractivity contribution >= 4 is 24.2 Å². The second kappa shape index (κ2) is 9.16. The molecule has 0 bridgehead atoms. The smallest absolute Gasteiger partial charge is 0.241 e. The number of halogens is 1. The van der Waals surface area contributed by atoms with Gasteiger partial charge in [0.05, 0.1) is 12.6 Å². The quantitative estimate of drug-likeness (QED) is 0.775. The predicted molar refractivity (Wildman–Crippen MR) is 73.6 cm³/mol. The third-order valence-corrected chi connectivity index (χ3v) is 3.06. The van der Waals surface area contributed by atoms with Gasteiger partial charge >= 0.3 is 0 Å². The van der Waals surface area contributed by atoms with Crippen molar-refractivity contribution in [2.75, 3.05) is 19.6 Å². The minimum absolute atomic E-state index is 0. The Morgan fingerprint density at radius 1 is 1.28 bits per heavy atom. The zero-order chi connectivity index (χ0) is 12.7. The Balaban J connectivity index is 0.00000289. The number of nitrogens with two attached hydrogens (primary N) is 1. The van der Waals surface area contributed by atoms with E-state index in [9.17, 15) is 9.59 Å². The molecule has 1 saturated heterocycles. The SMILES string of the molecule is CCCC(N)C(=O)NCC(=O)N1CCCCC1.Cl. The zero-order valence-corrected chi connectivity index (χ0v) is 11.8. The van der Waals surface area contributed by atoms with E-state index >= 15 is 0 Å². The third kappa shape index (κ3) is 5.69. The minimum atomic E-state index is -0.492. The first-order valence-electron chi connectivity index (χ1n) is 6.46. The van der Waals surface area contributed by atoms with Crippen molar-refractivity contribution in [3.8, 4) is 0 Å². The molecule has 2 amide bonds. The maximum atomic E-state index is 11.8. The monoisotopic (exact) mass is 277 g/mol. The van der Waals surface area contributed by atoms with Crippen LogP contribution in [-0.2, 0) is 9.59 Å². The molecule has 1 aliphatic heterocycles. The largest absolute Gasteiger partial charge is 0.346 e. The molecule has 18 heavy (non-hydrogen) atoms. The first kappa shape index (κ1) is 17.2. The fourth-order valence-corrected chi connectivity index (χ4v) is 1.99. The standard InChI is InChI=1S/C12H23N3O2.ClH/c1-2-6-10(13)12(17)14-9-11(16)15-7-4-3-5-8-15;/h10H,2-9,13H2,1H3,(H,14,17);1H. The number of nitrogens with zero attached hydrogens (tertiary/aromatic N) is 1. The number of rotatable bonds is 5. The van der Waals surface area contributed by atoms with Crippen LogP contribution in [0.25, 0.3) is 0 Å². The summed E-state index contributed by atoms with van der Waals surface area (Å²) in [7, 11) is 0. The summed E-state index contributed by atoms with van der Waals surface area (Å²) in [4.78, 5) is 25.1. The lowest BCUT2D eigenvalue weighted by molar-refractivity contribution is -0.133. The fraction of sp³-hybridized carbons (Fsp3) is 0.833. The third-order valence-electron chi connectivity index (χ3n) is 3.06. The van der Waals surface area contributed by atoms with Crippen LogP contribution in [0.2, 0.25) is 0 Å². The second-order valence-corrected chi connectivity index (χ2v) is 4.55. The highest BCUT2D eigenvalue weighted by Crippen LogP contribution is 2.08. The van der Waals surface area contributed by atoms with Crippen molar-refractivity contribution in [3.63, 3.8) is 0 Å². The first-order chi connectivity index (χ1) is 8.15. The average Bonchev–Trinajstić information content (AvgIpc) is 2.36. The van der Waals surface area contributed by atoms with E-state index in [1.807, 2.05) is 11.8 Å². The lowest BCUT2D eigenvalue weighted by atomic mass is 10.1. The number of piperidine rings is 1. The normalized spacial score (nSPS) is 16.7. The Morgan fingerprint density at radius 2 is 1.89 bits per heavy atom. The molecule has 0 saturated carbocycles. The van der Waals surface area contributed by atoms with Crippen molar-refractivity contribution in [1.82, 2.24) is 10.2 Å². The Kier molecular flexibility index (Phi) is 8.75. The molecule has 0 aromatic heterocycles. The Labute approximate surface area is 115 Å². The number of carbonyl (C=O) groups is 2. The van der Waals surface area contributed by atoms with E-state index in [-0.39, 0.29) is 30.8 Å². The van der Waals surface area contributed by atoms with Crippen LogP contribution in [-0.4, -0.2) is 42.4 Å². The van der Waals surface area contributed by atoms with E-state index < -0.39 is 6.04 Å². The van der Waals surface area contributed by atoms with Crippen molar-refractivity contribution in [2.24, 2.45) is 5.73 Å². The van der Waals surface area contributed by atoms with Crippen LogP contribution in [0.1, 0.15) is 39.0 Å². The van der Waals surface area contributed by atoms with Crippen molar-refractivity contribution < 1.29 is 9.59 Å². The van der Waals surface area contributed by atoms with Gasteiger partial charge in [-0.1, -0.05) is 13.3 Å². The van der Waals surface area contributed by atoms with Gasteiger partial charge in [-0.2, -0.15) is 0 Å². The van der Waals surface area contributed by atoms with Crippen LogP contribution in [0.4, 0.5) is 0 Å². The molecule has 1 atom stereocenters. The highest BCUT2D eigenvalue weighted by Gasteiger charge is 2.18. The molecule has 6 heteroatoms. The van der Waals surface area contributed by atoms with E-state index in [2.05, 4.69) is 5.32 Å². The maximum absolute atomic E-state index is 11.8. The van der Waals surface area contributed by atoms with Crippen molar-refractivity contribution in [1.29, 1.82) is 0 Å². The van der Waals surface area contributed by atoms with E-state index in [4.69, 9.17) is 5.73 Å². The number of hydrogen-bond donors (Lipinski definition) is 2. The van der Waals surface area contributed by atoms with Gasteiger partial charge in [-0.15, -0.1) is 12.4 Å². The summed E-state index contributed by atoms with van der Waals surface area (Å²) in [6.07, 6.45) is 4.85. The van der Waals surface area contributed by atoms with Gasteiger partial charge in [0.2, 0.25) is 11.8 Å². The van der Waals surface area contributed by atoms with Gasteiger partial charge in [0.25, 0.3) is 0 Å². The molecular weight excluding hydrogens is 254 g/mol. The highest BCUT2D eigenvalue weighted by molar-refractivity contribution is 5.87. The van der Waals surface area contributed by atoms with Gasteiger partial charge in [-0.05, 0) is 25.7 Å². The molecule has 1 unspecified atom stereocenters. The molecule has 0 aromatic rings. The minimum Gasteiger partial charge on any atom is -0.346 e. The van der Waals surface area contributed by atoms with E-state index in [0.29, 0.717) is 6.42 Å². The topological polar surface area (TPSA) is 75.4 Å². The molecule has 106 valence electrons. The Morgan fingerprint density at radius 3 is 2.44 bits per heavy atom. The molecule has 0 aliphatic carbocycles. The predicted octanol–water partition coefficient (Wildman–Crippen LogP) is 0.664. The average molecular weight is 278 g/mol. The van der Waals surface area contributed by atoms with Crippen LogP contribution in [0, 0.1) is 0 Å². The van der Waals surface area contributed by atoms with Crippen molar-refractivity contribution in [3.05, 3.63) is 0 Å². The Hall–Kier alpha value is -0.810. The van der Waals surface area contributed by atoms with Gasteiger partial charge < -0.3 is 16.0 Å². The van der Waals surface area contributed by atoms with Crippen LogP contribution in [0.5, 0.6) is 0 Å². The van der Waals surface area contributed by atoms with Crippen LogP contribution >= 0.6 is 12.4 Å². The zero-order valence-electron chi connectivity index (χ0n) is 11.0. The summed E-state index contributed by atoms with van der Waals surface area (Å²) >= 11 is 0. The first-order valence-corrected chi connectivity index (χ1v) is 6.46. The van der Waals surface area contributed by atoms with Gasteiger partial charge in [-0.3, -0.25) is 9.59 Å². The lowest BCUT2D eigenvalue weighted by Gasteiger charge is -2.26. The number of amides is 2. The summed E-state index contributed by atoms with van der Waals surface area (Å²) in [6.45, 7) is 3.69. The van der Waals surface area contributed by atoms with Crippen LogP contribution < -0.4 is 11.1 Å². The number of hydrogen-bond acceptors (Lipinski definition) is 3. The highest BCUT2D eigenvalue weighted by atomic mass is 35.5. The summed E-state index contributed by atoms with van der Waals surface area (Å²) in [5, 5.41) is 2.61. The molecule has 1 heterocycles. The molecule has 1 rings (SSSR count). The van der Waals surface area contributed by atoms with Gasteiger partial charge in [0.1, 0.15) is 0 Å². The maximum Gasteiger partial charge on any atom is 0.241 e. The van der Waals surface area contributed by atoms with Crippen molar-refractivity contribution in [2.45, 2.75) is 45.1 Å². The van der Waals surface area contributed by atoms with Gasteiger partial charge in [0, 0.05) is 13.1 Å². The summed E-state index contributed by atoms with van der Waals surface area (Å²) < 4.78 is 0. The molecule has 0 spiro atoms. The second-order valence-electron chi connectivity index (χ2n) is 4.55. The van der Waals surface area contributed by atoms with Gasteiger partial charge in [-0.25, -0.2) is 0 Å². The Bertz CT molecular complexity index is 268. The van der Waals surface area contributed by atoms with E-state index in [1.165, 1.54) is 6.42 Å². The van der Waals surface area contributed by atoms with Gasteiger partial charge in [0.15, 0.2) is 0 Å². The van der Waals surface area contributed by atoms with E-state index in [0.717, 1.165) is 32.4 Å².